The molecule has 3 aromatic heterocycles. The lowest BCUT2D eigenvalue weighted by atomic mass is 9.98. The molecule has 17 nitrogen and oxygen atoms in total. The molecule has 0 saturated carbocycles. The molecule has 0 spiro atoms. The summed E-state index contributed by atoms with van der Waals surface area (Å²) in [4.78, 5) is 44.2. The normalized spacial score (nSPS) is 19.8. The number of carbonyl (C=O) groups excluding carboxylic acids is 1. The molecular formula is C51H72Cl4N14O3. The highest BCUT2D eigenvalue weighted by molar-refractivity contribution is 6.32. The Kier molecular flexibility index (Phi) is 20.5. The van der Waals surface area contributed by atoms with Crippen molar-refractivity contribution in [3.63, 3.8) is 0 Å². The number of rotatable bonds is 12. The Morgan fingerprint density at radius 3 is 1.50 bits per heavy atom. The smallest absolute Gasteiger partial charge is 0.360 e. The summed E-state index contributed by atoms with van der Waals surface area (Å²) in [5, 5.41) is 9.87. The molecule has 9 rings (SSSR count). The van der Waals surface area contributed by atoms with E-state index in [0.29, 0.717) is 52.5 Å². The Labute approximate surface area is 445 Å². The minimum Gasteiger partial charge on any atom is -0.464 e. The molecule has 0 amide bonds. The number of aryl methyl sites for hydroxylation is 1. The molecule has 4 fully saturated rings. The van der Waals surface area contributed by atoms with Gasteiger partial charge in [0.05, 0.1) is 7.11 Å². The van der Waals surface area contributed by atoms with Crippen molar-refractivity contribution < 1.29 is 13.9 Å². The van der Waals surface area contributed by atoms with Crippen LogP contribution in [0.3, 0.4) is 0 Å². The van der Waals surface area contributed by atoms with Crippen molar-refractivity contribution in [2.75, 3.05) is 93.8 Å². The molecule has 2 atom stereocenters. The Balaban J connectivity index is 0.000000229. The van der Waals surface area contributed by atoms with Gasteiger partial charge in [0, 0.05) is 93.5 Å². The Hall–Kier alpha value is -4.59. The SMILES string of the molecule is C.C.CC[C@H]1CN(c2nc(N)c(-c3nnc(C)o3)nc2Cl)CCN1C1CCN(Cc2ccc(Cl)cc2)CC1.CC[C@H]1CN(c2nc(N)c(C(=O)OC)nc2Cl)CCN1C1CCN(Cc2ccc(Cl)cc2)CC1. The maximum absolute atomic E-state index is 11.8. The van der Waals surface area contributed by atoms with Crippen molar-refractivity contribution in [1.82, 2.24) is 49.7 Å². The second-order valence-corrected chi connectivity index (χ2v) is 20.1. The van der Waals surface area contributed by atoms with E-state index in [2.05, 4.69) is 97.6 Å². The van der Waals surface area contributed by atoms with Crippen LogP contribution in [0.2, 0.25) is 20.4 Å². The van der Waals surface area contributed by atoms with Crippen LogP contribution in [-0.4, -0.2) is 152 Å². The van der Waals surface area contributed by atoms with Crippen LogP contribution in [0.4, 0.5) is 23.3 Å². The monoisotopic (exact) mass is 1070 g/mol. The number of nitrogen functional groups attached to an aromatic ring is 2. The molecule has 4 aliphatic rings. The summed E-state index contributed by atoms with van der Waals surface area (Å²) in [5.74, 6) is 1.44. The van der Waals surface area contributed by atoms with Crippen LogP contribution in [0, 0.1) is 6.92 Å². The van der Waals surface area contributed by atoms with Crippen LogP contribution in [0.15, 0.2) is 52.9 Å². The zero-order valence-corrected chi connectivity index (χ0v) is 43.4. The molecule has 4 saturated heterocycles. The molecule has 4 N–H and O–H groups in total. The lowest BCUT2D eigenvalue weighted by Gasteiger charge is -2.47. The van der Waals surface area contributed by atoms with Gasteiger partial charge < -0.3 is 30.4 Å². The molecule has 0 unspecified atom stereocenters. The summed E-state index contributed by atoms with van der Waals surface area (Å²) >= 11 is 25.0. The quantitative estimate of drug-likeness (QED) is 0.112. The summed E-state index contributed by atoms with van der Waals surface area (Å²) in [6.45, 7) is 17.7. The first-order chi connectivity index (χ1) is 33.8. The van der Waals surface area contributed by atoms with Crippen LogP contribution in [-0.2, 0) is 17.8 Å². The fourth-order valence-electron chi connectivity index (χ4n) is 10.4. The van der Waals surface area contributed by atoms with Crippen LogP contribution in [0.1, 0.15) is 94.7 Å². The molecule has 5 aromatic rings. The van der Waals surface area contributed by atoms with Gasteiger partial charge in [-0.15, -0.1) is 10.2 Å². The highest BCUT2D eigenvalue weighted by atomic mass is 35.5. The van der Waals surface area contributed by atoms with Crippen LogP contribution in [0.25, 0.3) is 11.6 Å². The van der Waals surface area contributed by atoms with Crippen molar-refractivity contribution in [2.45, 2.75) is 111 Å². The third kappa shape index (κ3) is 13.8. The lowest BCUT2D eigenvalue weighted by Crippen LogP contribution is -2.58. The van der Waals surface area contributed by atoms with Crippen LogP contribution < -0.4 is 21.3 Å². The highest BCUT2D eigenvalue weighted by Gasteiger charge is 2.36. The minimum absolute atomic E-state index is 0. The zero-order chi connectivity index (χ0) is 49.5. The molecule has 72 heavy (non-hydrogen) atoms. The van der Waals surface area contributed by atoms with Gasteiger partial charge >= 0.3 is 5.97 Å². The van der Waals surface area contributed by atoms with E-state index in [1.807, 2.05) is 24.3 Å². The number of nitrogens with zero attached hydrogens (tertiary/aromatic N) is 12. The molecule has 4 aliphatic heterocycles. The van der Waals surface area contributed by atoms with Gasteiger partial charge in [-0.25, -0.2) is 24.7 Å². The summed E-state index contributed by atoms with van der Waals surface area (Å²) in [7, 11) is 1.28. The lowest BCUT2D eigenvalue weighted by molar-refractivity contribution is 0.0593. The number of hydrogen-bond donors (Lipinski definition) is 2. The van der Waals surface area contributed by atoms with Gasteiger partial charge in [0.15, 0.2) is 45.0 Å². The molecule has 0 aliphatic carbocycles. The van der Waals surface area contributed by atoms with E-state index < -0.39 is 5.97 Å². The number of nitrogens with two attached hydrogens (primary N) is 2. The second-order valence-electron chi connectivity index (χ2n) is 18.5. The Morgan fingerprint density at radius 2 is 1.08 bits per heavy atom. The first-order valence-corrected chi connectivity index (χ1v) is 25.8. The van der Waals surface area contributed by atoms with Crippen molar-refractivity contribution in [3.8, 4) is 11.6 Å². The number of methoxy groups -OCH3 is 1. The number of benzene rings is 2. The first-order valence-electron chi connectivity index (χ1n) is 24.3. The van der Waals surface area contributed by atoms with E-state index >= 15 is 0 Å². The highest BCUT2D eigenvalue weighted by Crippen LogP contribution is 2.34. The zero-order valence-electron chi connectivity index (χ0n) is 40.4. The van der Waals surface area contributed by atoms with E-state index in [4.69, 9.17) is 67.0 Å². The number of ether oxygens (including phenoxy) is 1. The molecule has 392 valence electrons. The summed E-state index contributed by atoms with van der Waals surface area (Å²) < 4.78 is 10.2. The third-order valence-electron chi connectivity index (χ3n) is 14.1. The molecule has 0 radical (unpaired) electrons. The number of aromatic nitrogens is 6. The van der Waals surface area contributed by atoms with E-state index in [9.17, 15) is 4.79 Å². The van der Waals surface area contributed by atoms with Gasteiger partial charge in [-0.1, -0.05) is 99.4 Å². The topological polar surface area (TPSA) is 188 Å². The second kappa shape index (κ2) is 26.1. The van der Waals surface area contributed by atoms with Gasteiger partial charge in [0.1, 0.15) is 0 Å². The van der Waals surface area contributed by atoms with Gasteiger partial charge in [-0.05, 0) is 100 Å². The third-order valence-corrected chi connectivity index (χ3v) is 15.1. The van der Waals surface area contributed by atoms with E-state index in [0.717, 1.165) is 114 Å². The summed E-state index contributed by atoms with van der Waals surface area (Å²) in [6, 6.07) is 18.3. The maximum Gasteiger partial charge on any atom is 0.360 e. The van der Waals surface area contributed by atoms with E-state index in [1.165, 1.54) is 31.1 Å². The molecular weight excluding hydrogens is 998 g/mol. The molecule has 7 heterocycles. The first kappa shape index (κ1) is 56.7. The number of esters is 1. The van der Waals surface area contributed by atoms with Gasteiger partial charge in [0.25, 0.3) is 5.89 Å². The van der Waals surface area contributed by atoms with Crippen molar-refractivity contribution >= 4 is 75.6 Å². The fraction of sp³-hybridized carbons (Fsp3) is 0.549. The minimum atomic E-state index is -0.642. The van der Waals surface area contributed by atoms with Gasteiger partial charge in [-0.2, -0.15) is 0 Å². The number of carbonyl (C=O) groups is 1. The van der Waals surface area contributed by atoms with Gasteiger partial charge in [-0.3, -0.25) is 19.6 Å². The molecule has 21 heteroatoms. The number of piperidine rings is 2. The number of halogens is 4. The average molecular weight is 1070 g/mol. The predicted octanol–water partition coefficient (Wildman–Crippen LogP) is 9.28. The predicted molar refractivity (Wildman–Crippen MR) is 291 cm³/mol. The number of hydrogen-bond acceptors (Lipinski definition) is 17. The number of likely N-dealkylation sites (tertiary alicyclic amines) is 2. The largest absolute Gasteiger partial charge is 0.464 e. The Morgan fingerprint density at radius 1 is 0.639 bits per heavy atom. The Bertz CT molecular complexity index is 2520. The fourth-order valence-corrected chi connectivity index (χ4v) is 11.1. The van der Waals surface area contributed by atoms with Crippen molar-refractivity contribution in [3.05, 3.63) is 91.6 Å². The van der Waals surface area contributed by atoms with Crippen molar-refractivity contribution in [2.24, 2.45) is 0 Å². The van der Waals surface area contributed by atoms with Crippen LogP contribution in [0.5, 0.6) is 0 Å². The number of anilines is 4. The van der Waals surface area contributed by atoms with E-state index in [-0.39, 0.29) is 43.2 Å². The molecule has 0 bridgehead atoms. The van der Waals surface area contributed by atoms with E-state index in [1.54, 1.807) is 6.92 Å². The summed E-state index contributed by atoms with van der Waals surface area (Å²) in [6.07, 6.45) is 6.76. The standard InChI is InChI=1S/C25H32Cl2N8O.C24H32Cl2N6O2.2CH4/c1-3-19-15-34(24-22(27)29-21(23(28)30-24)25-32-31-16(2)36-25)12-13-35(19)20-8-10-33(11-9-20)14-17-4-6-18(26)7-5-17;1-3-18-15-31(23-21(26)28-20(22(27)29-23)24(33)34-2)12-13-32(18)19-8-10-30(11-9-19)14-16-4-6-17(25)7-5-16;;/h4-7,19-20H,3,8-15H2,1-2H3,(H2,28,30);4-7,18-19H,3,8-15H2,1-2H3,(H2,27,29);2*1H4/t19-;18-;;/m00../s1. The van der Waals surface area contributed by atoms with Crippen molar-refractivity contribution in [1.29, 1.82) is 0 Å². The van der Waals surface area contributed by atoms with Gasteiger partial charge in [0.2, 0.25) is 5.89 Å². The maximum atomic E-state index is 11.8. The average Bonchev–Trinajstić information content (AvgIpc) is 3.82. The number of piperazine rings is 2. The summed E-state index contributed by atoms with van der Waals surface area (Å²) in [5.41, 5.74) is 15.1. The molecule has 2 aromatic carbocycles. The van der Waals surface area contributed by atoms with Crippen LogP contribution >= 0.6 is 46.4 Å².